The molecule has 1 saturated heterocycles. The van der Waals surface area contributed by atoms with E-state index in [-0.39, 0.29) is 25.9 Å². The van der Waals surface area contributed by atoms with Gasteiger partial charge in [-0.2, -0.15) is 0 Å². The van der Waals surface area contributed by atoms with Crippen LogP contribution in [-0.4, -0.2) is 89.2 Å². The van der Waals surface area contributed by atoms with E-state index in [1.807, 2.05) is 0 Å². The number of rotatable bonds is 57. The van der Waals surface area contributed by atoms with E-state index in [9.17, 15) is 34.5 Å². The normalized spacial score (nSPS) is 18.1. The predicted octanol–water partition coefficient (Wildman–Crippen LogP) is 17.9. The molecule has 0 aromatic heterocycles. The first-order valence-corrected chi connectivity index (χ1v) is 33.3. The minimum atomic E-state index is -1.91. The van der Waals surface area contributed by atoms with Crippen molar-refractivity contribution in [1.29, 1.82) is 0 Å². The molecular formula is C69H120O12. The Morgan fingerprint density at radius 3 is 1.20 bits per heavy atom. The van der Waals surface area contributed by atoms with E-state index in [1.54, 1.807) is 0 Å². The summed E-state index contributed by atoms with van der Waals surface area (Å²) in [5.41, 5.74) is 0. The Morgan fingerprint density at radius 2 is 0.778 bits per heavy atom. The summed E-state index contributed by atoms with van der Waals surface area (Å²) >= 11 is 0. The van der Waals surface area contributed by atoms with Crippen molar-refractivity contribution in [2.45, 2.75) is 340 Å². The number of carboxylic acid groups (broad SMARTS) is 1. The van der Waals surface area contributed by atoms with Crippen LogP contribution in [0.25, 0.3) is 0 Å². The molecule has 12 nitrogen and oxygen atoms in total. The van der Waals surface area contributed by atoms with Crippen LogP contribution in [0.1, 0.15) is 303 Å². The molecule has 6 unspecified atom stereocenters. The van der Waals surface area contributed by atoms with Gasteiger partial charge in [-0.3, -0.25) is 14.4 Å². The molecule has 1 fully saturated rings. The van der Waals surface area contributed by atoms with E-state index < -0.39 is 67.3 Å². The molecule has 0 aliphatic carbocycles. The lowest BCUT2D eigenvalue weighted by atomic mass is 9.98. The van der Waals surface area contributed by atoms with Crippen LogP contribution in [0.2, 0.25) is 0 Å². The van der Waals surface area contributed by atoms with E-state index in [0.29, 0.717) is 19.3 Å². The predicted molar refractivity (Wildman–Crippen MR) is 331 cm³/mol. The Kier molecular flexibility index (Phi) is 53.0. The molecule has 0 radical (unpaired) electrons. The second-order valence-electron chi connectivity index (χ2n) is 22.7. The van der Waals surface area contributed by atoms with Crippen molar-refractivity contribution in [3.63, 3.8) is 0 Å². The zero-order chi connectivity index (χ0) is 58.9. The fourth-order valence-electron chi connectivity index (χ4n) is 10.0. The summed E-state index contributed by atoms with van der Waals surface area (Å²) < 4.78 is 28.5. The fraction of sp³-hybridized carbons (Fsp3) is 0.797. The van der Waals surface area contributed by atoms with Gasteiger partial charge in [0.05, 0.1) is 6.61 Å². The molecule has 0 aromatic rings. The number of aliphatic hydroxyl groups excluding tert-OH is 2. The summed E-state index contributed by atoms with van der Waals surface area (Å²) in [6.07, 6.45) is 58.9. The highest BCUT2D eigenvalue weighted by molar-refractivity contribution is 5.74. The lowest BCUT2D eigenvalue weighted by Gasteiger charge is -2.40. The average Bonchev–Trinajstić information content (AvgIpc) is 3.52. The number of carbonyl (C=O) groups excluding carboxylic acids is 3. The van der Waals surface area contributed by atoms with Crippen LogP contribution >= 0.6 is 0 Å². The first-order valence-electron chi connectivity index (χ1n) is 33.3. The molecule has 0 bridgehead atoms. The Morgan fingerprint density at radius 1 is 0.420 bits per heavy atom. The third-order valence-electron chi connectivity index (χ3n) is 15.1. The maximum absolute atomic E-state index is 13.2. The van der Waals surface area contributed by atoms with Crippen LogP contribution in [-0.2, 0) is 42.9 Å². The van der Waals surface area contributed by atoms with Crippen molar-refractivity contribution in [3.8, 4) is 0 Å². The number of ether oxygens (including phenoxy) is 5. The van der Waals surface area contributed by atoms with Crippen LogP contribution in [0.15, 0.2) is 60.8 Å². The van der Waals surface area contributed by atoms with E-state index in [0.717, 1.165) is 109 Å². The van der Waals surface area contributed by atoms with E-state index >= 15 is 0 Å². The highest BCUT2D eigenvalue weighted by Gasteiger charge is 2.50. The molecule has 81 heavy (non-hydrogen) atoms. The molecule has 1 aliphatic rings. The lowest BCUT2D eigenvalue weighted by Crippen LogP contribution is -2.61. The van der Waals surface area contributed by atoms with Crippen molar-refractivity contribution < 1.29 is 58.2 Å². The number of allylic oxidation sites excluding steroid dienone is 10. The smallest absolute Gasteiger partial charge is 0.335 e. The first-order chi connectivity index (χ1) is 39.6. The maximum atomic E-state index is 13.2. The molecule has 3 N–H and O–H groups in total. The van der Waals surface area contributed by atoms with Crippen LogP contribution < -0.4 is 0 Å². The van der Waals surface area contributed by atoms with Crippen LogP contribution in [0.5, 0.6) is 0 Å². The third kappa shape index (κ3) is 46.5. The van der Waals surface area contributed by atoms with Gasteiger partial charge in [0.1, 0.15) is 18.8 Å². The molecule has 0 aromatic carbocycles. The van der Waals surface area contributed by atoms with Gasteiger partial charge in [-0.1, -0.05) is 261 Å². The number of carbonyl (C=O) groups is 4. The molecule has 0 spiro atoms. The largest absolute Gasteiger partial charge is 0.479 e. The number of hydrogen-bond acceptors (Lipinski definition) is 11. The number of aliphatic carboxylic acids is 1. The second-order valence-corrected chi connectivity index (χ2v) is 22.7. The van der Waals surface area contributed by atoms with Gasteiger partial charge >= 0.3 is 23.9 Å². The van der Waals surface area contributed by atoms with Crippen LogP contribution in [0.3, 0.4) is 0 Å². The number of esters is 3. The zero-order valence-electron chi connectivity index (χ0n) is 51.8. The molecule has 0 amide bonds. The number of hydrogen-bond donors (Lipinski definition) is 3. The van der Waals surface area contributed by atoms with Gasteiger partial charge in [-0.15, -0.1) is 0 Å². The third-order valence-corrected chi connectivity index (χ3v) is 15.1. The average molecular weight is 1140 g/mol. The molecule has 1 rings (SSSR count). The van der Waals surface area contributed by atoms with Gasteiger partial charge in [0, 0.05) is 19.3 Å². The van der Waals surface area contributed by atoms with E-state index in [4.69, 9.17) is 23.7 Å². The highest BCUT2D eigenvalue weighted by atomic mass is 16.7. The highest BCUT2D eigenvalue weighted by Crippen LogP contribution is 2.27. The SMILES string of the molecule is CC/C=C\C/C=C\C/C=C\C/C=C\CCCCCCC(=O)OC(COC(=O)CCCCCCCCCCCCCCCCCCCCC)COC1OC(C(=O)O)C(O)C(O)C1OC(=O)CCCCCCC/C=C\CCCCCCCC. The molecule has 6 atom stereocenters. The van der Waals surface area contributed by atoms with Gasteiger partial charge in [-0.25, -0.2) is 4.79 Å². The Balaban J connectivity index is 2.66. The van der Waals surface area contributed by atoms with Crippen LogP contribution in [0, 0.1) is 0 Å². The summed E-state index contributed by atoms with van der Waals surface area (Å²) in [5.74, 6) is -3.14. The summed E-state index contributed by atoms with van der Waals surface area (Å²) in [4.78, 5) is 51.3. The first kappa shape index (κ1) is 75.4. The minimum absolute atomic E-state index is 0.0483. The van der Waals surface area contributed by atoms with Crippen molar-refractivity contribution in [2.24, 2.45) is 0 Å². The molecular weight excluding hydrogens is 1020 g/mol. The maximum Gasteiger partial charge on any atom is 0.335 e. The summed E-state index contributed by atoms with van der Waals surface area (Å²) in [6.45, 7) is 5.90. The van der Waals surface area contributed by atoms with Gasteiger partial charge < -0.3 is 39.0 Å². The minimum Gasteiger partial charge on any atom is -0.479 e. The number of carboxylic acids is 1. The quantitative estimate of drug-likeness (QED) is 0.0228. The topological polar surface area (TPSA) is 175 Å². The summed E-state index contributed by atoms with van der Waals surface area (Å²) in [6, 6.07) is 0. The second kappa shape index (κ2) is 56.9. The number of aliphatic hydroxyl groups is 2. The van der Waals surface area contributed by atoms with Gasteiger partial charge in [-0.05, 0) is 83.5 Å². The number of unbranched alkanes of at least 4 members (excludes halogenated alkanes) is 33. The van der Waals surface area contributed by atoms with Crippen molar-refractivity contribution in [2.75, 3.05) is 13.2 Å². The molecule has 468 valence electrons. The Labute approximate surface area is 494 Å². The summed E-state index contributed by atoms with van der Waals surface area (Å²) in [5, 5.41) is 31.6. The molecule has 12 heteroatoms. The van der Waals surface area contributed by atoms with Crippen LogP contribution in [0.4, 0.5) is 0 Å². The zero-order valence-corrected chi connectivity index (χ0v) is 51.8. The monoisotopic (exact) mass is 1140 g/mol. The molecule has 1 heterocycles. The Bertz CT molecular complexity index is 1640. The van der Waals surface area contributed by atoms with E-state index in [1.165, 1.54) is 135 Å². The van der Waals surface area contributed by atoms with Gasteiger partial charge in [0.25, 0.3) is 0 Å². The van der Waals surface area contributed by atoms with Crippen molar-refractivity contribution in [3.05, 3.63) is 60.8 Å². The Hall–Kier alpha value is -3.58. The molecule has 1 aliphatic heterocycles. The van der Waals surface area contributed by atoms with Gasteiger partial charge in [0.15, 0.2) is 24.6 Å². The standard InChI is InChI=1S/C69H120O12/c1-4-7-10-13-16-19-22-25-28-30-31-33-35-37-40-43-46-49-52-55-61(70)77-58-60(79-62(71)56-53-50-47-44-41-39-36-32-29-26-23-20-17-14-11-8-5-2)59-78-69-67(65(74)64(73)66(81-69)68(75)76)80-63(72)57-54-51-48-45-42-38-34-27-24-21-18-15-12-9-6-3/h8,11,17,20,26-27,29,34,36,39,60,64-67,69,73-74H,4-7,9-10,12-16,18-19,21-25,28,30-33,35,37-38,40-59H2,1-3H3,(H,75,76)/b11-8-,20-17-,29-26-,34-27-,39-36-. The lowest BCUT2D eigenvalue weighted by molar-refractivity contribution is -0.301. The molecule has 0 saturated carbocycles. The van der Waals surface area contributed by atoms with Crippen molar-refractivity contribution in [1.82, 2.24) is 0 Å². The fourth-order valence-corrected chi connectivity index (χ4v) is 10.0. The van der Waals surface area contributed by atoms with Gasteiger partial charge in [0.2, 0.25) is 0 Å². The summed E-state index contributed by atoms with van der Waals surface area (Å²) in [7, 11) is 0. The van der Waals surface area contributed by atoms with E-state index in [2.05, 4.69) is 81.5 Å². The van der Waals surface area contributed by atoms with Crippen molar-refractivity contribution >= 4 is 23.9 Å².